The average molecular weight is 480 g/mol. The number of aryl methyl sites for hydroxylation is 1. The number of carbonyl (C=O) groups is 3. The third-order valence-electron chi connectivity index (χ3n) is 5.32. The van der Waals surface area contributed by atoms with E-state index in [2.05, 4.69) is 4.74 Å². The molecule has 0 aliphatic heterocycles. The van der Waals surface area contributed by atoms with Crippen molar-refractivity contribution in [1.29, 1.82) is 0 Å². The molecule has 3 aromatic rings. The highest BCUT2D eigenvalue weighted by Crippen LogP contribution is 2.35. The first-order valence-electron chi connectivity index (χ1n) is 10.6. The van der Waals surface area contributed by atoms with E-state index in [1.807, 2.05) is 0 Å². The molecule has 0 amide bonds. The number of ether oxygens (including phenoxy) is 2. The Bertz CT molecular complexity index is 1240. The van der Waals surface area contributed by atoms with Gasteiger partial charge in [-0.2, -0.15) is 0 Å². The van der Waals surface area contributed by atoms with Crippen LogP contribution >= 0.6 is 0 Å². The molecule has 1 atom stereocenters. The lowest BCUT2D eigenvalue weighted by atomic mass is 9.95. The molecule has 0 fully saturated rings. The van der Waals surface area contributed by atoms with Crippen LogP contribution in [-0.4, -0.2) is 51.4 Å². The van der Waals surface area contributed by atoms with Crippen LogP contribution in [0, 0.1) is 0 Å². The van der Waals surface area contributed by atoms with Crippen molar-refractivity contribution in [2.24, 2.45) is 0 Å². The van der Waals surface area contributed by atoms with Gasteiger partial charge in [0.25, 0.3) is 0 Å². The number of rotatable bonds is 8. The van der Waals surface area contributed by atoms with Gasteiger partial charge in [-0.05, 0) is 61.7 Å². The fraction of sp³-hybridized carbons (Fsp3) is 0.192. The zero-order valence-corrected chi connectivity index (χ0v) is 19.0. The number of esters is 2. The molecule has 182 valence electrons. The van der Waals surface area contributed by atoms with E-state index in [4.69, 9.17) is 4.74 Å². The van der Waals surface area contributed by atoms with E-state index in [9.17, 15) is 34.8 Å². The van der Waals surface area contributed by atoms with Gasteiger partial charge >= 0.3 is 11.9 Å². The molecule has 0 aromatic heterocycles. The molecule has 0 aliphatic rings. The van der Waals surface area contributed by atoms with E-state index < -0.39 is 52.2 Å². The molecule has 9 heteroatoms. The molecule has 0 spiro atoms. The summed E-state index contributed by atoms with van der Waals surface area (Å²) in [5.41, 5.74) is -0.586. The second kappa shape index (κ2) is 10.6. The number of methoxy groups -OCH3 is 1. The van der Waals surface area contributed by atoms with E-state index in [-0.39, 0.29) is 16.9 Å². The van der Waals surface area contributed by atoms with Crippen molar-refractivity contribution >= 4 is 17.7 Å². The van der Waals surface area contributed by atoms with Crippen molar-refractivity contribution in [1.82, 2.24) is 0 Å². The molecule has 0 heterocycles. The van der Waals surface area contributed by atoms with Crippen molar-refractivity contribution < 1.29 is 44.3 Å². The lowest BCUT2D eigenvalue weighted by Gasteiger charge is -2.15. The summed E-state index contributed by atoms with van der Waals surface area (Å²) in [6, 6.07) is 12.3. The first-order valence-corrected chi connectivity index (χ1v) is 10.6. The first kappa shape index (κ1) is 25.1. The van der Waals surface area contributed by atoms with Crippen LogP contribution in [0.1, 0.15) is 55.5 Å². The molecule has 3 aromatic carbocycles. The van der Waals surface area contributed by atoms with Crippen molar-refractivity contribution in [3.8, 4) is 23.0 Å². The minimum Gasteiger partial charge on any atom is -0.508 e. The van der Waals surface area contributed by atoms with Gasteiger partial charge in [-0.1, -0.05) is 18.2 Å². The summed E-state index contributed by atoms with van der Waals surface area (Å²) in [5, 5.41) is 40.4. The van der Waals surface area contributed by atoms with Gasteiger partial charge in [0.2, 0.25) is 5.78 Å². The summed E-state index contributed by atoms with van der Waals surface area (Å²) in [4.78, 5) is 37.6. The van der Waals surface area contributed by atoms with Gasteiger partial charge in [0.1, 0.15) is 28.6 Å². The molecular formula is C26H24O9. The summed E-state index contributed by atoms with van der Waals surface area (Å²) in [5.74, 6) is -4.65. The van der Waals surface area contributed by atoms with Crippen LogP contribution in [0.4, 0.5) is 0 Å². The quantitative estimate of drug-likeness (QED) is 0.279. The van der Waals surface area contributed by atoms with Crippen molar-refractivity contribution in [3.63, 3.8) is 0 Å². The summed E-state index contributed by atoms with van der Waals surface area (Å²) in [6.45, 7) is 1.68. The number of aromatic hydroxyl groups is 4. The second-order valence-electron chi connectivity index (χ2n) is 7.83. The minimum atomic E-state index is -1.04. The molecule has 0 saturated heterocycles. The van der Waals surface area contributed by atoms with Gasteiger partial charge in [-0.15, -0.1) is 0 Å². The maximum atomic E-state index is 13.0. The van der Waals surface area contributed by atoms with Crippen LogP contribution in [-0.2, 0) is 15.9 Å². The van der Waals surface area contributed by atoms with Gasteiger partial charge in [-0.25, -0.2) is 9.59 Å². The van der Waals surface area contributed by atoms with Gasteiger partial charge in [0.15, 0.2) is 0 Å². The monoisotopic (exact) mass is 480 g/mol. The van der Waals surface area contributed by atoms with Crippen molar-refractivity contribution in [3.05, 3.63) is 82.4 Å². The standard InChI is InChI=1S/C26H24O9/c1-14(6-7-15-8-10-17(27)11-9-15)35-25(32)16-12-20(29)23(21(30)13-16)24(31)22-18(26(33)34-2)4-3-5-19(22)28/h3-5,8-14,27-30H,6-7H2,1-2H3. The first-order chi connectivity index (χ1) is 16.6. The predicted octanol–water partition coefficient (Wildman–Crippen LogP) is 3.70. The van der Waals surface area contributed by atoms with Crippen LogP contribution in [0.25, 0.3) is 0 Å². The Hall–Kier alpha value is -4.53. The topological polar surface area (TPSA) is 151 Å². The fourth-order valence-electron chi connectivity index (χ4n) is 3.49. The minimum absolute atomic E-state index is 0.152. The lowest BCUT2D eigenvalue weighted by Crippen LogP contribution is -2.16. The number of hydrogen-bond acceptors (Lipinski definition) is 9. The Kier molecular flexibility index (Phi) is 7.60. The Balaban J connectivity index is 1.78. The zero-order chi connectivity index (χ0) is 25.7. The molecule has 3 rings (SSSR count). The highest BCUT2D eigenvalue weighted by molar-refractivity contribution is 6.18. The van der Waals surface area contributed by atoms with Crippen molar-refractivity contribution in [2.45, 2.75) is 25.9 Å². The molecule has 0 radical (unpaired) electrons. The summed E-state index contributed by atoms with van der Waals surface area (Å²) >= 11 is 0. The molecule has 1 unspecified atom stereocenters. The molecule has 0 bridgehead atoms. The van der Waals surface area contributed by atoms with Crippen LogP contribution in [0.2, 0.25) is 0 Å². The Labute approximate surface area is 200 Å². The normalized spacial score (nSPS) is 11.5. The fourth-order valence-corrected chi connectivity index (χ4v) is 3.49. The van der Waals surface area contributed by atoms with Gasteiger partial charge in [0.05, 0.1) is 29.9 Å². The van der Waals surface area contributed by atoms with Gasteiger partial charge in [0, 0.05) is 0 Å². The van der Waals surface area contributed by atoms with Crippen LogP contribution in [0.15, 0.2) is 54.6 Å². The van der Waals surface area contributed by atoms with Crippen LogP contribution < -0.4 is 0 Å². The largest absolute Gasteiger partial charge is 0.508 e. The number of benzene rings is 3. The molecular weight excluding hydrogens is 456 g/mol. The maximum absolute atomic E-state index is 13.0. The maximum Gasteiger partial charge on any atom is 0.338 e. The lowest BCUT2D eigenvalue weighted by molar-refractivity contribution is 0.0324. The SMILES string of the molecule is COC(=O)c1cccc(O)c1C(=O)c1c(O)cc(C(=O)OC(C)CCc2ccc(O)cc2)cc1O. The number of ketones is 1. The Morgan fingerprint density at radius 1 is 0.829 bits per heavy atom. The third-order valence-corrected chi connectivity index (χ3v) is 5.32. The Morgan fingerprint density at radius 3 is 2.06 bits per heavy atom. The van der Waals surface area contributed by atoms with E-state index in [1.54, 1.807) is 31.2 Å². The number of phenols is 4. The van der Waals surface area contributed by atoms with Gasteiger partial charge < -0.3 is 29.9 Å². The van der Waals surface area contributed by atoms with Gasteiger partial charge in [-0.3, -0.25) is 4.79 Å². The van der Waals surface area contributed by atoms with Crippen LogP contribution in [0.3, 0.4) is 0 Å². The molecule has 9 nitrogen and oxygen atoms in total. The predicted molar refractivity (Wildman–Crippen MR) is 124 cm³/mol. The number of carbonyl (C=O) groups excluding carboxylic acids is 3. The smallest absolute Gasteiger partial charge is 0.338 e. The van der Waals surface area contributed by atoms with E-state index in [1.165, 1.54) is 18.2 Å². The zero-order valence-electron chi connectivity index (χ0n) is 19.0. The summed E-state index contributed by atoms with van der Waals surface area (Å²) in [7, 11) is 1.10. The van der Waals surface area contributed by atoms with Crippen molar-refractivity contribution in [2.75, 3.05) is 7.11 Å². The van der Waals surface area contributed by atoms with E-state index in [0.29, 0.717) is 12.8 Å². The highest BCUT2D eigenvalue weighted by atomic mass is 16.5. The molecule has 4 N–H and O–H groups in total. The highest BCUT2D eigenvalue weighted by Gasteiger charge is 2.28. The number of phenolic OH excluding ortho intramolecular Hbond substituents is 4. The van der Waals surface area contributed by atoms with E-state index in [0.717, 1.165) is 24.8 Å². The third kappa shape index (κ3) is 5.70. The summed E-state index contributed by atoms with van der Waals surface area (Å²) < 4.78 is 9.98. The second-order valence-corrected chi connectivity index (χ2v) is 7.83. The summed E-state index contributed by atoms with van der Waals surface area (Å²) in [6.07, 6.45) is 0.557. The Morgan fingerprint density at radius 2 is 1.46 bits per heavy atom. The van der Waals surface area contributed by atoms with Crippen LogP contribution in [0.5, 0.6) is 23.0 Å². The number of hydrogen-bond donors (Lipinski definition) is 4. The molecule has 0 aliphatic carbocycles. The molecule has 35 heavy (non-hydrogen) atoms. The molecule has 0 saturated carbocycles. The average Bonchev–Trinajstić information content (AvgIpc) is 2.82. The van der Waals surface area contributed by atoms with E-state index >= 15 is 0 Å².